The molecule has 0 atom stereocenters. The van der Waals surface area contributed by atoms with E-state index in [1.807, 2.05) is 6.07 Å². The number of carboxylic acids is 1. The highest BCUT2D eigenvalue weighted by molar-refractivity contribution is 6.74. The second kappa shape index (κ2) is 4.76. The van der Waals surface area contributed by atoms with Gasteiger partial charge in [-0.15, -0.1) is 0 Å². The third-order valence-corrected chi connectivity index (χ3v) is 7.96. The maximum atomic E-state index is 11.3. The average Bonchev–Trinajstić information content (AvgIpc) is 2.14. The minimum absolute atomic E-state index is 0.0481. The Morgan fingerprint density at radius 1 is 1.28 bits per heavy atom. The van der Waals surface area contributed by atoms with Crippen LogP contribution < -0.4 is 4.43 Å². The van der Waals surface area contributed by atoms with Crippen LogP contribution in [0.5, 0.6) is 5.75 Å². The third-order valence-electron chi connectivity index (χ3n) is 3.62. The molecule has 0 bridgehead atoms. The van der Waals surface area contributed by atoms with E-state index in [9.17, 15) is 9.90 Å². The van der Waals surface area contributed by atoms with Crippen molar-refractivity contribution in [3.63, 3.8) is 0 Å². The molecule has 0 fully saturated rings. The highest BCUT2D eigenvalue weighted by atomic mass is 28.4. The number of aromatic carboxylic acids is 1. The van der Waals surface area contributed by atoms with Gasteiger partial charge in [0.05, 0.1) is 0 Å². The van der Waals surface area contributed by atoms with Gasteiger partial charge in [0.1, 0.15) is 11.3 Å². The van der Waals surface area contributed by atoms with Crippen molar-refractivity contribution in [3.05, 3.63) is 29.3 Å². The van der Waals surface area contributed by atoms with Gasteiger partial charge >= 0.3 is 5.97 Å². The monoisotopic (exact) mass is 266 g/mol. The number of carbonyl (C=O) groups is 1. The van der Waals surface area contributed by atoms with E-state index in [0.29, 0.717) is 5.75 Å². The number of carboxylic acid groups (broad SMARTS) is 1. The number of aryl methyl sites for hydroxylation is 1. The summed E-state index contributed by atoms with van der Waals surface area (Å²) in [5, 5.41) is 9.33. The fourth-order valence-corrected chi connectivity index (χ4v) is 2.45. The van der Waals surface area contributed by atoms with Gasteiger partial charge in [0, 0.05) is 0 Å². The van der Waals surface area contributed by atoms with Crippen molar-refractivity contribution in [2.45, 2.75) is 45.8 Å². The van der Waals surface area contributed by atoms with Gasteiger partial charge in [-0.25, -0.2) is 4.79 Å². The molecule has 0 radical (unpaired) electrons. The molecule has 0 heterocycles. The maximum Gasteiger partial charge on any atom is 0.339 e. The van der Waals surface area contributed by atoms with Crippen LogP contribution in [0.3, 0.4) is 0 Å². The molecule has 18 heavy (non-hydrogen) atoms. The van der Waals surface area contributed by atoms with E-state index in [1.165, 1.54) is 0 Å². The van der Waals surface area contributed by atoms with Gasteiger partial charge in [0.2, 0.25) is 0 Å². The summed E-state index contributed by atoms with van der Waals surface area (Å²) in [6, 6.07) is 5.38. The molecule has 0 amide bonds. The Kier molecular flexibility index (Phi) is 3.91. The largest absolute Gasteiger partial charge is 0.543 e. The lowest BCUT2D eigenvalue weighted by Crippen LogP contribution is -2.44. The van der Waals surface area contributed by atoms with Gasteiger partial charge in [-0.1, -0.05) is 32.9 Å². The molecule has 0 aliphatic heterocycles. The summed E-state index contributed by atoms with van der Waals surface area (Å²) in [6.07, 6.45) is 0. The second-order valence-electron chi connectivity index (χ2n) is 6.12. The summed E-state index contributed by atoms with van der Waals surface area (Å²) in [6.45, 7) is 12.4. The lowest BCUT2D eigenvalue weighted by molar-refractivity contribution is 0.0694. The molecule has 0 aromatic heterocycles. The number of hydrogen-bond acceptors (Lipinski definition) is 2. The van der Waals surface area contributed by atoms with Crippen molar-refractivity contribution < 1.29 is 14.3 Å². The standard InChI is InChI=1S/C14H22O3Si/c1-10-8-7-9-11(12(10)13(15)16)17-18(5,6)14(2,3)4/h7-9H,1-6H3,(H,15,16). The lowest BCUT2D eigenvalue weighted by atomic mass is 10.1. The zero-order valence-electron chi connectivity index (χ0n) is 12.0. The third kappa shape index (κ3) is 2.93. The summed E-state index contributed by atoms with van der Waals surface area (Å²) < 4.78 is 6.10. The van der Waals surface area contributed by atoms with E-state index in [-0.39, 0.29) is 10.6 Å². The molecule has 1 aromatic carbocycles. The van der Waals surface area contributed by atoms with Crippen molar-refractivity contribution in [3.8, 4) is 5.75 Å². The molecule has 3 nitrogen and oxygen atoms in total. The van der Waals surface area contributed by atoms with Crippen LogP contribution in [0.15, 0.2) is 18.2 Å². The van der Waals surface area contributed by atoms with Gasteiger partial charge in [-0.3, -0.25) is 0 Å². The molecule has 0 saturated carbocycles. The highest BCUT2D eigenvalue weighted by Gasteiger charge is 2.39. The predicted octanol–water partition coefficient (Wildman–Crippen LogP) is 4.08. The minimum atomic E-state index is -2.01. The second-order valence-corrected chi connectivity index (χ2v) is 10.8. The van der Waals surface area contributed by atoms with E-state index < -0.39 is 14.3 Å². The van der Waals surface area contributed by atoms with Crippen molar-refractivity contribution in [1.82, 2.24) is 0 Å². The van der Waals surface area contributed by atoms with Crippen LogP contribution in [-0.2, 0) is 0 Å². The van der Waals surface area contributed by atoms with E-state index in [4.69, 9.17) is 4.43 Å². The Morgan fingerprint density at radius 3 is 2.28 bits per heavy atom. The quantitative estimate of drug-likeness (QED) is 0.839. The van der Waals surface area contributed by atoms with E-state index >= 15 is 0 Å². The van der Waals surface area contributed by atoms with Crippen molar-refractivity contribution in [2.75, 3.05) is 0 Å². The first-order valence-electron chi connectivity index (χ1n) is 6.08. The zero-order chi connectivity index (χ0) is 14.1. The predicted molar refractivity (Wildman–Crippen MR) is 76.0 cm³/mol. The van der Waals surface area contributed by atoms with Crippen LogP contribution in [0.4, 0.5) is 0 Å². The van der Waals surface area contributed by atoms with Crippen LogP contribution in [0.25, 0.3) is 0 Å². The van der Waals surface area contributed by atoms with Gasteiger partial charge in [-0.2, -0.15) is 0 Å². The van der Waals surface area contributed by atoms with Crippen molar-refractivity contribution in [2.24, 2.45) is 0 Å². The van der Waals surface area contributed by atoms with Gasteiger partial charge in [-0.05, 0) is 36.7 Å². The Balaban J connectivity index is 3.21. The molecule has 1 rings (SSSR count). The molecule has 0 spiro atoms. The first-order valence-corrected chi connectivity index (χ1v) is 8.99. The Bertz CT molecular complexity index is 459. The summed E-state index contributed by atoms with van der Waals surface area (Å²) in [4.78, 5) is 11.3. The molecule has 0 saturated heterocycles. The Labute approximate surface area is 110 Å². The lowest BCUT2D eigenvalue weighted by Gasteiger charge is -2.36. The van der Waals surface area contributed by atoms with Crippen molar-refractivity contribution in [1.29, 1.82) is 0 Å². The molecule has 0 unspecified atom stereocenters. The van der Waals surface area contributed by atoms with Crippen LogP contribution in [0.1, 0.15) is 36.7 Å². The van der Waals surface area contributed by atoms with Gasteiger partial charge in [0.25, 0.3) is 8.32 Å². The van der Waals surface area contributed by atoms with Crippen molar-refractivity contribution >= 4 is 14.3 Å². The van der Waals surface area contributed by atoms with E-state index in [2.05, 4.69) is 33.9 Å². The molecular weight excluding hydrogens is 244 g/mol. The summed E-state index contributed by atoms with van der Waals surface area (Å²) >= 11 is 0. The number of benzene rings is 1. The highest BCUT2D eigenvalue weighted by Crippen LogP contribution is 2.38. The smallest absolute Gasteiger partial charge is 0.339 e. The SMILES string of the molecule is Cc1cccc(O[Si](C)(C)C(C)(C)C)c1C(=O)O. The molecular formula is C14H22O3Si. The van der Waals surface area contributed by atoms with Gasteiger partial charge < -0.3 is 9.53 Å². The Morgan fingerprint density at radius 2 is 1.83 bits per heavy atom. The number of rotatable bonds is 3. The molecule has 1 aromatic rings. The van der Waals surface area contributed by atoms with Crippen LogP contribution in [0.2, 0.25) is 18.1 Å². The van der Waals surface area contributed by atoms with Crippen LogP contribution in [0, 0.1) is 6.92 Å². The first-order chi connectivity index (χ1) is 8.06. The molecule has 1 N–H and O–H groups in total. The number of hydrogen-bond donors (Lipinski definition) is 1. The summed E-state index contributed by atoms with van der Waals surface area (Å²) in [5.41, 5.74) is 1.01. The molecule has 0 aliphatic carbocycles. The molecule has 100 valence electrons. The van der Waals surface area contributed by atoms with Crippen LogP contribution >= 0.6 is 0 Å². The minimum Gasteiger partial charge on any atom is -0.543 e. The fourth-order valence-electron chi connectivity index (χ4n) is 1.43. The van der Waals surface area contributed by atoms with Gasteiger partial charge in [0.15, 0.2) is 0 Å². The van der Waals surface area contributed by atoms with E-state index in [0.717, 1.165) is 5.56 Å². The van der Waals surface area contributed by atoms with Crippen LogP contribution in [-0.4, -0.2) is 19.4 Å². The van der Waals surface area contributed by atoms with E-state index in [1.54, 1.807) is 19.1 Å². The average molecular weight is 266 g/mol. The fraction of sp³-hybridized carbons (Fsp3) is 0.500. The molecule has 4 heteroatoms. The molecule has 0 aliphatic rings. The summed E-state index contributed by atoms with van der Waals surface area (Å²) in [7, 11) is -2.01. The normalized spacial score (nSPS) is 12.3. The first kappa shape index (κ1) is 14.8. The topological polar surface area (TPSA) is 46.5 Å². The maximum absolute atomic E-state index is 11.3. The zero-order valence-corrected chi connectivity index (χ0v) is 13.0. The summed E-state index contributed by atoms with van der Waals surface area (Å²) in [5.74, 6) is -0.434. The Hall–Kier alpha value is -1.29.